The fraction of sp³-hybridized carbons (Fsp3) is 0.333. The van der Waals surface area contributed by atoms with Gasteiger partial charge in [-0.2, -0.15) is 0 Å². The van der Waals surface area contributed by atoms with Crippen molar-refractivity contribution >= 4 is 17.6 Å². The zero-order valence-corrected chi connectivity index (χ0v) is 15.0. The number of fused-ring (bicyclic) bond motifs is 2. The molecule has 0 bridgehead atoms. The molecule has 1 N–H and O–H groups in total. The summed E-state index contributed by atoms with van der Waals surface area (Å²) >= 11 is 0. The molecule has 1 amide bonds. The lowest BCUT2D eigenvalue weighted by molar-refractivity contribution is -0.146. The van der Waals surface area contributed by atoms with Crippen LogP contribution >= 0.6 is 0 Å². The van der Waals surface area contributed by atoms with Gasteiger partial charge in [-0.15, -0.1) is 0 Å². The topological polar surface area (TPSA) is 73.9 Å². The molecule has 2 aromatic carbocycles. The van der Waals surface area contributed by atoms with E-state index >= 15 is 0 Å². The van der Waals surface area contributed by atoms with Crippen LogP contribution in [0.4, 0.5) is 5.69 Å². The van der Waals surface area contributed by atoms with Crippen LogP contribution in [0.2, 0.25) is 0 Å². The highest BCUT2D eigenvalue weighted by atomic mass is 16.6. The molecule has 2 aliphatic rings. The summed E-state index contributed by atoms with van der Waals surface area (Å²) in [5.41, 5.74) is 4.12. The Balaban J connectivity index is 1.27. The summed E-state index contributed by atoms with van der Waals surface area (Å²) in [5, 5.41) is 2.78. The van der Waals surface area contributed by atoms with E-state index in [0.717, 1.165) is 30.5 Å². The summed E-state index contributed by atoms with van der Waals surface area (Å²) in [6, 6.07) is 11.3. The second-order valence-corrected chi connectivity index (χ2v) is 6.70. The standard InChI is InChI=1S/C21H21NO5/c23-20(22-17-6-5-15-2-1-3-16(15)12-17)13-27-21(24)11-14-4-7-18-19(10-14)26-9-8-25-18/h4-7,10,12H,1-3,8-9,11,13H2,(H,22,23). The van der Waals surface area contributed by atoms with Gasteiger partial charge in [-0.05, 0) is 60.2 Å². The van der Waals surface area contributed by atoms with Gasteiger partial charge in [0.2, 0.25) is 0 Å². The van der Waals surface area contributed by atoms with Gasteiger partial charge in [0.15, 0.2) is 18.1 Å². The van der Waals surface area contributed by atoms with Crippen LogP contribution in [0, 0.1) is 0 Å². The van der Waals surface area contributed by atoms with E-state index in [1.54, 1.807) is 18.2 Å². The Labute approximate surface area is 157 Å². The van der Waals surface area contributed by atoms with Crippen LogP contribution in [0.3, 0.4) is 0 Å². The van der Waals surface area contributed by atoms with Crippen molar-refractivity contribution < 1.29 is 23.8 Å². The number of nitrogens with one attached hydrogen (secondary N) is 1. The molecule has 1 aliphatic carbocycles. The first kappa shape index (κ1) is 17.4. The quantitative estimate of drug-likeness (QED) is 0.823. The Morgan fingerprint density at radius 3 is 2.67 bits per heavy atom. The molecule has 0 spiro atoms. The van der Waals surface area contributed by atoms with Crippen LogP contribution in [0.1, 0.15) is 23.1 Å². The minimum atomic E-state index is -0.462. The minimum absolute atomic E-state index is 0.0722. The molecule has 0 unspecified atom stereocenters. The number of rotatable bonds is 5. The molecule has 4 rings (SSSR count). The van der Waals surface area contributed by atoms with E-state index < -0.39 is 5.97 Å². The zero-order chi connectivity index (χ0) is 18.6. The van der Waals surface area contributed by atoms with Crippen LogP contribution in [0.5, 0.6) is 11.5 Å². The van der Waals surface area contributed by atoms with E-state index in [4.69, 9.17) is 14.2 Å². The predicted molar refractivity (Wildman–Crippen MR) is 99.2 cm³/mol. The Kier molecular flexibility index (Phi) is 4.96. The molecule has 0 radical (unpaired) electrons. The van der Waals surface area contributed by atoms with Gasteiger partial charge in [-0.1, -0.05) is 12.1 Å². The molecule has 0 atom stereocenters. The molecule has 0 saturated heterocycles. The van der Waals surface area contributed by atoms with Crippen LogP contribution < -0.4 is 14.8 Å². The zero-order valence-electron chi connectivity index (χ0n) is 15.0. The summed E-state index contributed by atoms with van der Waals surface area (Å²) in [4.78, 5) is 24.1. The van der Waals surface area contributed by atoms with E-state index in [0.29, 0.717) is 24.7 Å². The molecule has 0 fully saturated rings. The lowest BCUT2D eigenvalue weighted by Crippen LogP contribution is -2.21. The molecular formula is C21H21NO5. The number of carbonyl (C=O) groups excluding carboxylic acids is 2. The monoisotopic (exact) mass is 367 g/mol. The molecular weight excluding hydrogens is 346 g/mol. The number of hydrogen-bond donors (Lipinski definition) is 1. The lowest BCUT2D eigenvalue weighted by Gasteiger charge is -2.18. The van der Waals surface area contributed by atoms with Gasteiger partial charge in [-0.25, -0.2) is 0 Å². The fourth-order valence-electron chi connectivity index (χ4n) is 3.41. The highest BCUT2D eigenvalue weighted by Crippen LogP contribution is 2.31. The molecule has 27 heavy (non-hydrogen) atoms. The highest BCUT2D eigenvalue weighted by molar-refractivity contribution is 5.93. The first-order valence-corrected chi connectivity index (χ1v) is 9.13. The average Bonchev–Trinajstić information content (AvgIpc) is 3.14. The normalized spacial score (nSPS) is 14.4. The molecule has 6 nitrogen and oxygen atoms in total. The summed E-state index contributed by atoms with van der Waals surface area (Å²) < 4.78 is 16.0. The Morgan fingerprint density at radius 2 is 1.78 bits per heavy atom. The maximum Gasteiger partial charge on any atom is 0.310 e. The number of amides is 1. The maximum atomic E-state index is 12.0. The van der Waals surface area contributed by atoms with E-state index in [-0.39, 0.29) is 18.9 Å². The van der Waals surface area contributed by atoms with Gasteiger partial charge in [0.05, 0.1) is 6.42 Å². The van der Waals surface area contributed by atoms with Crippen LogP contribution in [-0.2, 0) is 33.6 Å². The van der Waals surface area contributed by atoms with Gasteiger partial charge >= 0.3 is 5.97 Å². The van der Waals surface area contributed by atoms with Crippen molar-refractivity contribution in [3.8, 4) is 11.5 Å². The third kappa shape index (κ3) is 4.22. The van der Waals surface area contributed by atoms with Crippen molar-refractivity contribution in [2.75, 3.05) is 25.1 Å². The Bertz CT molecular complexity index is 877. The van der Waals surface area contributed by atoms with E-state index in [1.165, 1.54) is 11.1 Å². The molecule has 1 heterocycles. The van der Waals surface area contributed by atoms with Gasteiger partial charge < -0.3 is 19.5 Å². The predicted octanol–water partition coefficient (Wildman–Crippen LogP) is 2.67. The number of ether oxygens (including phenoxy) is 3. The van der Waals surface area contributed by atoms with Crippen LogP contribution in [0.25, 0.3) is 0 Å². The van der Waals surface area contributed by atoms with Crippen molar-refractivity contribution in [3.63, 3.8) is 0 Å². The Morgan fingerprint density at radius 1 is 0.963 bits per heavy atom. The van der Waals surface area contributed by atoms with Crippen molar-refractivity contribution in [2.45, 2.75) is 25.7 Å². The molecule has 0 saturated carbocycles. The van der Waals surface area contributed by atoms with E-state index in [1.807, 2.05) is 18.2 Å². The maximum absolute atomic E-state index is 12.0. The first-order valence-electron chi connectivity index (χ1n) is 9.13. The summed E-state index contributed by atoms with van der Waals surface area (Å²) in [5.74, 6) is 0.493. The van der Waals surface area contributed by atoms with Crippen LogP contribution in [0.15, 0.2) is 36.4 Å². The number of anilines is 1. The van der Waals surface area contributed by atoms with Gasteiger partial charge in [-0.3, -0.25) is 9.59 Å². The first-order chi connectivity index (χ1) is 13.2. The summed E-state index contributed by atoms with van der Waals surface area (Å²) in [6.45, 7) is 0.706. The third-order valence-electron chi connectivity index (χ3n) is 4.70. The van der Waals surface area contributed by atoms with Crippen molar-refractivity contribution in [1.29, 1.82) is 0 Å². The fourth-order valence-corrected chi connectivity index (χ4v) is 3.41. The number of aryl methyl sites for hydroxylation is 2. The second-order valence-electron chi connectivity index (χ2n) is 6.70. The van der Waals surface area contributed by atoms with E-state index in [9.17, 15) is 9.59 Å². The number of hydrogen-bond acceptors (Lipinski definition) is 5. The largest absolute Gasteiger partial charge is 0.486 e. The minimum Gasteiger partial charge on any atom is -0.486 e. The molecule has 6 heteroatoms. The van der Waals surface area contributed by atoms with Crippen molar-refractivity contribution in [2.24, 2.45) is 0 Å². The number of benzene rings is 2. The lowest BCUT2D eigenvalue weighted by atomic mass is 10.1. The SMILES string of the molecule is O=C(COC(=O)Cc1ccc2c(c1)OCCO2)Nc1ccc2c(c1)CCC2. The molecule has 0 aromatic heterocycles. The second kappa shape index (κ2) is 7.70. The Hall–Kier alpha value is -3.02. The molecule has 2 aromatic rings. The van der Waals surface area contributed by atoms with E-state index in [2.05, 4.69) is 5.32 Å². The summed E-state index contributed by atoms with van der Waals surface area (Å²) in [7, 11) is 0. The highest BCUT2D eigenvalue weighted by Gasteiger charge is 2.15. The van der Waals surface area contributed by atoms with Gasteiger partial charge in [0.25, 0.3) is 5.91 Å². The smallest absolute Gasteiger partial charge is 0.310 e. The van der Waals surface area contributed by atoms with Gasteiger partial charge in [0, 0.05) is 5.69 Å². The van der Waals surface area contributed by atoms with Crippen molar-refractivity contribution in [1.82, 2.24) is 0 Å². The van der Waals surface area contributed by atoms with Crippen molar-refractivity contribution in [3.05, 3.63) is 53.1 Å². The van der Waals surface area contributed by atoms with Crippen LogP contribution in [-0.4, -0.2) is 31.7 Å². The number of esters is 1. The number of carbonyl (C=O) groups is 2. The molecule has 1 aliphatic heterocycles. The average molecular weight is 367 g/mol. The third-order valence-corrected chi connectivity index (χ3v) is 4.70. The molecule has 140 valence electrons. The summed E-state index contributed by atoms with van der Waals surface area (Å²) in [6.07, 6.45) is 3.37. The van der Waals surface area contributed by atoms with Gasteiger partial charge in [0.1, 0.15) is 13.2 Å².